The van der Waals surface area contributed by atoms with Gasteiger partial charge in [-0.1, -0.05) is 25.1 Å². The standard InChI is InChI=1S/C13H16O3/c1-2-6-12(14)9-10-16-13(15)11-7-4-3-5-8-11/h3-5,7-8H,2,6,9-10H2,1H3. The quantitative estimate of drug-likeness (QED) is 0.692. The van der Waals surface area contributed by atoms with Gasteiger partial charge in [-0.3, -0.25) is 4.79 Å². The van der Waals surface area contributed by atoms with Crippen LogP contribution in [0.25, 0.3) is 0 Å². The van der Waals surface area contributed by atoms with Crippen molar-refractivity contribution < 1.29 is 14.3 Å². The van der Waals surface area contributed by atoms with Crippen LogP contribution in [-0.4, -0.2) is 18.4 Å². The number of rotatable bonds is 6. The van der Waals surface area contributed by atoms with Gasteiger partial charge in [-0.05, 0) is 18.6 Å². The Morgan fingerprint density at radius 1 is 1.12 bits per heavy atom. The molecular formula is C13H16O3. The van der Waals surface area contributed by atoms with Gasteiger partial charge in [-0.2, -0.15) is 0 Å². The summed E-state index contributed by atoms with van der Waals surface area (Å²) in [4.78, 5) is 22.6. The van der Waals surface area contributed by atoms with E-state index in [0.29, 0.717) is 18.4 Å². The van der Waals surface area contributed by atoms with E-state index in [1.54, 1.807) is 24.3 Å². The lowest BCUT2D eigenvalue weighted by Gasteiger charge is -2.03. The summed E-state index contributed by atoms with van der Waals surface area (Å²) in [5.74, 6) is -0.228. The molecule has 0 heterocycles. The van der Waals surface area contributed by atoms with Crippen molar-refractivity contribution >= 4 is 11.8 Å². The van der Waals surface area contributed by atoms with E-state index in [9.17, 15) is 9.59 Å². The number of ether oxygens (including phenoxy) is 1. The first-order valence-electron chi connectivity index (χ1n) is 5.48. The van der Waals surface area contributed by atoms with Crippen molar-refractivity contribution in [2.75, 3.05) is 6.61 Å². The first-order chi connectivity index (χ1) is 7.74. The van der Waals surface area contributed by atoms with Crippen LogP contribution in [0.2, 0.25) is 0 Å². The van der Waals surface area contributed by atoms with Crippen LogP contribution in [-0.2, 0) is 9.53 Å². The van der Waals surface area contributed by atoms with Crippen molar-refractivity contribution in [3.63, 3.8) is 0 Å². The van der Waals surface area contributed by atoms with Gasteiger partial charge in [0.2, 0.25) is 0 Å². The van der Waals surface area contributed by atoms with Gasteiger partial charge < -0.3 is 4.74 Å². The van der Waals surface area contributed by atoms with Crippen LogP contribution in [0.1, 0.15) is 36.5 Å². The second-order valence-corrected chi connectivity index (χ2v) is 3.54. The average molecular weight is 220 g/mol. The van der Waals surface area contributed by atoms with E-state index in [4.69, 9.17) is 4.74 Å². The number of hydrogen-bond acceptors (Lipinski definition) is 3. The third-order valence-electron chi connectivity index (χ3n) is 2.15. The lowest BCUT2D eigenvalue weighted by molar-refractivity contribution is -0.119. The van der Waals surface area contributed by atoms with Gasteiger partial charge in [0.15, 0.2) is 0 Å². The molecule has 0 bridgehead atoms. The second-order valence-electron chi connectivity index (χ2n) is 3.54. The van der Waals surface area contributed by atoms with Crippen molar-refractivity contribution in [3.8, 4) is 0 Å². The van der Waals surface area contributed by atoms with Crippen LogP contribution in [0.15, 0.2) is 30.3 Å². The van der Waals surface area contributed by atoms with Gasteiger partial charge in [0, 0.05) is 12.8 Å². The Morgan fingerprint density at radius 3 is 2.44 bits per heavy atom. The molecule has 0 spiro atoms. The molecule has 0 radical (unpaired) electrons. The van der Waals surface area contributed by atoms with Crippen molar-refractivity contribution in [2.24, 2.45) is 0 Å². The van der Waals surface area contributed by atoms with Crippen molar-refractivity contribution in [1.82, 2.24) is 0 Å². The summed E-state index contributed by atoms with van der Waals surface area (Å²) in [7, 11) is 0. The molecule has 0 atom stereocenters. The van der Waals surface area contributed by atoms with Gasteiger partial charge >= 0.3 is 5.97 Å². The van der Waals surface area contributed by atoms with Gasteiger partial charge in [-0.25, -0.2) is 4.79 Å². The Labute approximate surface area is 95.4 Å². The number of hydrogen-bond donors (Lipinski definition) is 0. The lowest BCUT2D eigenvalue weighted by atomic mass is 10.2. The normalized spacial score (nSPS) is 9.81. The van der Waals surface area contributed by atoms with Crippen LogP contribution in [0.5, 0.6) is 0 Å². The maximum atomic E-state index is 11.5. The van der Waals surface area contributed by atoms with E-state index in [2.05, 4.69) is 0 Å². The summed E-state index contributed by atoms with van der Waals surface area (Å²) in [5.41, 5.74) is 0.519. The SMILES string of the molecule is CCCC(=O)CCOC(=O)c1ccccc1. The molecule has 0 unspecified atom stereocenters. The minimum atomic E-state index is -0.370. The van der Waals surface area contributed by atoms with E-state index in [1.807, 2.05) is 13.0 Å². The zero-order valence-corrected chi connectivity index (χ0v) is 9.44. The number of carbonyl (C=O) groups is 2. The third kappa shape index (κ3) is 4.26. The molecule has 3 heteroatoms. The molecule has 0 N–H and O–H groups in total. The van der Waals surface area contributed by atoms with Crippen LogP contribution in [0.3, 0.4) is 0 Å². The first-order valence-corrected chi connectivity index (χ1v) is 5.48. The van der Waals surface area contributed by atoms with E-state index in [0.717, 1.165) is 6.42 Å². The van der Waals surface area contributed by atoms with Gasteiger partial charge in [-0.15, -0.1) is 0 Å². The van der Waals surface area contributed by atoms with Gasteiger partial charge in [0.1, 0.15) is 5.78 Å². The third-order valence-corrected chi connectivity index (χ3v) is 2.15. The lowest BCUT2D eigenvalue weighted by Crippen LogP contribution is -2.09. The monoisotopic (exact) mass is 220 g/mol. The fourth-order valence-electron chi connectivity index (χ4n) is 1.32. The summed E-state index contributed by atoms with van der Waals surface area (Å²) in [6.45, 7) is 2.13. The molecule has 1 aromatic rings. The minimum Gasteiger partial charge on any atom is -0.462 e. The highest BCUT2D eigenvalue weighted by atomic mass is 16.5. The van der Waals surface area contributed by atoms with E-state index < -0.39 is 0 Å². The fraction of sp³-hybridized carbons (Fsp3) is 0.385. The largest absolute Gasteiger partial charge is 0.462 e. The van der Waals surface area contributed by atoms with Crippen LogP contribution in [0, 0.1) is 0 Å². The zero-order valence-electron chi connectivity index (χ0n) is 9.44. The molecule has 0 aliphatic carbocycles. The van der Waals surface area contributed by atoms with Crippen molar-refractivity contribution in [1.29, 1.82) is 0 Å². The fourth-order valence-corrected chi connectivity index (χ4v) is 1.32. The van der Waals surface area contributed by atoms with Crippen molar-refractivity contribution in [2.45, 2.75) is 26.2 Å². The van der Waals surface area contributed by atoms with E-state index in [-0.39, 0.29) is 18.4 Å². The maximum absolute atomic E-state index is 11.5. The Morgan fingerprint density at radius 2 is 1.81 bits per heavy atom. The summed E-state index contributed by atoms with van der Waals surface area (Å²) < 4.78 is 4.99. The number of carbonyl (C=O) groups excluding carboxylic acids is 2. The van der Waals surface area contributed by atoms with Crippen molar-refractivity contribution in [3.05, 3.63) is 35.9 Å². The van der Waals surface area contributed by atoms with E-state index in [1.165, 1.54) is 0 Å². The molecule has 16 heavy (non-hydrogen) atoms. The summed E-state index contributed by atoms with van der Waals surface area (Å²) in [5, 5.41) is 0. The highest BCUT2D eigenvalue weighted by molar-refractivity contribution is 5.89. The highest BCUT2D eigenvalue weighted by Crippen LogP contribution is 2.02. The minimum absolute atomic E-state index is 0.142. The summed E-state index contributed by atoms with van der Waals surface area (Å²) in [6.07, 6.45) is 1.71. The molecule has 0 saturated carbocycles. The molecule has 1 rings (SSSR count). The van der Waals surface area contributed by atoms with Crippen LogP contribution >= 0.6 is 0 Å². The molecule has 86 valence electrons. The summed E-state index contributed by atoms with van der Waals surface area (Å²) in [6, 6.07) is 8.77. The molecule has 0 fully saturated rings. The Kier molecular flexibility index (Phi) is 5.26. The second kappa shape index (κ2) is 6.77. The number of benzene rings is 1. The molecule has 0 amide bonds. The number of Topliss-reactive ketones (excluding diaryl/α,β-unsaturated/α-hetero) is 1. The van der Waals surface area contributed by atoms with Crippen LogP contribution < -0.4 is 0 Å². The molecule has 0 saturated heterocycles. The highest BCUT2D eigenvalue weighted by Gasteiger charge is 2.07. The number of ketones is 1. The van der Waals surface area contributed by atoms with Gasteiger partial charge in [0.05, 0.1) is 12.2 Å². The summed E-state index contributed by atoms with van der Waals surface area (Å²) >= 11 is 0. The molecule has 1 aromatic carbocycles. The molecule has 0 aromatic heterocycles. The first kappa shape index (κ1) is 12.4. The molecule has 0 aliphatic heterocycles. The van der Waals surface area contributed by atoms with Crippen LogP contribution in [0.4, 0.5) is 0 Å². The molecule has 0 aliphatic rings. The number of esters is 1. The molecule has 3 nitrogen and oxygen atoms in total. The molecular weight excluding hydrogens is 204 g/mol. The van der Waals surface area contributed by atoms with Gasteiger partial charge in [0.25, 0.3) is 0 Å². The predicted octanol–water partition coefficient (Wildman–Crippen LogP) is 2.60. The predicted molar refractivity (Wildman–Crippen MR) is 61.3 cm³/mol. The zero-order chi connectivity index (χ0) is 11.8. The average Bonchev–Trinajstić information content (AvgIpc) is 2.30. The Balaban J connectivity index is 2.29. The Hall–Kier alpha value is -1.64. The maximum Gasteiger partial charge on any atom is 0.338 e. The van der Waals surface area contributed by atoms with E-state index >= 15 is 0 Å². The Bertz CT molecular complexity index is 343. The smallest absolute Gasteiger partial charge is 0.338 e. The topological polar surface area (TPSA) is 43.4 Å².